The minimum absolute atomic E-state index is 0.795. The molecule has 1 aromatic carbocycles. The lowest BCUT2D eigenvalue weighted by atomic mass is 9.75. The molecule has 0 amide bonds. The van der Waals surface area contributed by atoms with E-state index in [1.807, 2.05) is 0 Å². The summed E-state index contributed by atoms with van der Waals surface area (Å²) in [6.45, 7) is 4.46. The molecule has 3 rings (SSSR count). The molecule has 2 aliphatic rings. The van der Waals surface area contributed by atoms with Crippen LogP contribution in [0.15, 0.2) is 24.3 Å². The molecule has 2 aliphatic carbocycles. The van der Waals surface area contributed by atoms with Gasteiger partial charge in [-0.2, -0.15) is 0 Å². The van der Waals surface area contributed by atoms with Crippen molar-refractivity contribution in [3.8, 4) is 0 Å². The Labute approximate surface area is 111 Å². The van der Waals surface area contributed by atoms with Crippen molar-refractivity contribution >= 4 is 0 Å². The predicted octanol–water partition coefficient (Wildman–Crippen LogP) is 4.02. The van der Waals surface area contributed by atoms with E-state index in [2.05, 4.69) is 43.4 Å². The quantitative estimate of drug-likeness (QED) is 0.823. The Balaban J connectivity index is 1.42. The number of aryl methyl sites for hydroxylation is 1. The van der Waals surface area contributed by atoms with Crippen molar-refractivity contribution in [3.63, 3.8) is 0 Å². The fourth-order valence-electron chi connectivity index (χ4n) is 3.31. The topological polar surface area (TPSA) is 12.0 Å². The van der Waals surface area contributed by atoms with Gasteiger partial charge in [0.15, 0.2) is 0 Å². The number of nitrogens with one attached hydrogen (secondary N) is 1. The van der Waals surface area contributed by atoms with E-state index in [9.17, 15) is 0 Å². The summed E-state index contributed by atoms with van der Waals surface area (Å²) in [4.78, 5) is 0. The van der Waals surface area contributed by atoms with Gasteiger partial charge >= 0.3 is 0 Å². The van der Waals surface area contributed by atoms with Gasteiger partial charge < -0.3 is 5.32 Å². The van der Waals surface area contributed by atoms with Crippen LogP contribution in [0.2, 0.25) is 0 Å². The summed E-state index contributed by atoms with van der Waals surface area (Å²) in [6, 6.07) is 10.8. The maximum Gasteiger partial charge on any atom is 0.0102 e. The van der Waals surface area contributed by atoms with Crippen LogP contribution in [0.3, 0.4) is 0 Å². The Hall–Kier alpha value is -0.820. The van der Waals surface area contributed by atoms with Crippen molar-refractivity contribution in [2.45, 2.75) is 64.0 Å². The number of hydrogen-bond acceptors (Lipinski definition) is 1. The van der Waals surface area contributed by atoms with Gasteiger partial charge in [-0.25, -0.2) is 0 Å². The largest absolute Gasteiger partial charge is 0.311 e. The molecule has 2 fully saturated rings. The monoisotopic (exact) mass is 243 g/mol. The van der Waals surface area contributed by atoms with Crippen LogP contribution in [0.25, 0.3) is 0 Å². The highest BCUT2D eigenvalue weighted by Crippen LogP contribution is 2.41. The Bertz CT molecular complexity index is 389. The third kappa shape index (κ3) is 2.61. The fraction of sp³-hybridized carbons (Fsp3) is 0.647. The SMILES string of the molecule is CCCC1CC1NC1CC(c2ccc(C)cc2)C1. The lowest BCUT2D eigenvalue weighted by Crippen LogP contribution is -2.41. The molecular formula is C17H25N. The summed E-state index contributed by atoms with van der Waals surface area (Å²) in [6.07, 6.45) is 6.89. The highest BCUT2D eigenvalue weighted by Gasteiger charge is 2.40. The molecule has 1 nitrogen and oxygen atoms in total. The van der Waals surface area contributed by atoms with E-state index in [1.54, 1.807) is 5.56 Å². The molecule has 2 unspecified atom stereocenters. The maximum absolute atomic E-state index is 3.84. The molecule has 1 aromatic rings. The third-order valence-electron chi connectivity index (χ3n) is 4.72. The van der Waals surface area contributed by atoms with Gasteiger partial charge in [0.05, 0.1) is 0 Å². The first-order valence-corrected chi connectivity index (χ1v) is 7.59. The molecule has 98 valence electrons. The second-order valence-corrected chi connectivity index (χ2v) is 6.33. The zero-order valence-electron chi connectivity index (χ0n) is 11.7. The molecule has 1 N–H and O–H groups in total. The summed E-state index contributed by atoms with van der Waals surface area (Å²) in [5, 5.41) is 3.84. The van der Waals surface area contributed by atoms with Crippen LogP contribution in [-0.4, -0.2) is 12.1 Å². The van der Waals surface area contributed by atoms with Crippen molar-refractivity contribution in [2.24, 2.45) is 5.92 Å². The summed E-state index contributed by atoms with van der Waals surface area (Å²) >= 11 is 0. The highest BCUT2D eigenvalue weighted by atomic mass is 15.0. The van der Waals surface area contributed by atoms with Gasteiger partial charge in [0.25, 0.3) is 0 Å². The van der Waals surface area contributed by atoms with Gasteiger partial charge in [-0.15, -0.1) is 0 Å². The lowest BCUT2D eigenvalue weighted by Gasteiger charge is -2.36. The van der Waals surface area contributed by atoms with Crippen molar-refractivity contribution in [1.29, 1.82) is 0 Å². The van der Waals surface area contributed by atoms with E-state index in [0.29, 0.717) is 0 Å². The molecule has 18 heavy (non-hydrogen) atoms. The van der Waals surface area contributed by atoms with Crippen LogP contribution in [0, 0.1) is 12.8 Å². The molecule has 1 heteroatoms. The van der Waals surface area contributed by atoms with E-state index < -0.39 is 0 Å². The number of hydrogen-bond donors (Lipinski definition) is 1. The highest BCUT2D eigenvalue weighted by molar-refractivity contribution is 5.26. The number of rotatable bonds is 5. The van der Waals surface area contributed by atoms with Crippen LogP contribution < -0.4 is 5.32 Å². The fourth-order valence-corrected chi connectivity index (χ4v) is 3.31. The summed E-state index contributed by atoms with van der Waals surface area (Å²) < 4.78 is 0. The predicted molar refractivity (Wildman–Crippen MR) is 76.9 cm³/mol. The molecule has 0 aliphatic heterocycles. The first-order valence-electron chi connectivity index (χ1n) is 7.59. The van der Waals surface area contributed by atoms with Crippen molar-refractivity contribution in [3.05, 3.63) is 35.4 Å². The Morgan fingerprint density at radius 3 is 2.50 bits per heavy atom. The van der Waals surface area contributed by atoms with E-state index in [0.717, 1.165) is 23.9 Å². The number of benzene rings is 1. The zero-order chi connectivity index (χ0) is 12.5. The van der Waals surface area contributed by atoms with Crippen molar-refractivity contribution < 1.29 is 0 Å². The van der Waals surface area contributed by atoms with Gasteiger partial charge in [0.1, 0.15) is 0 Å². The summed E-state index contributed by atoms with van der Waals surface area (Å²) in [7, 11) is 0. The Morgan fingerprint density at radius 2 is 1.83 bits per heavy atom. The summed E-state index contributed by atoms with van der Waals surface area (Å²) in [5.74, 6) is 1.81. The first-order chi connectivity index (χ1) is 8.76. The van der Waals surface area contributed by atoms with E-state index >= 15 is 0 Å². The van der Waals surface area contributed by atoms with Gasteiger partial charge in [0, 0.05) is 12.1 Å². The van der Waals surface area contributed by atoms with E-state index in [1.165, 1.54) is 37.7 Å². The van der Waals surface area contributed by atoms with Crippen LogP contribution in [0.5, 0.6) is 0 Å². The molecule has 0 aromatic heterocycles. The van der Waals surface area contributed by atoms with Gasteiger partial charge in [0.2, 0.25) is 0 Å². The molecule has 0 bridgehead atoms. The van der Waals surface area contributed by atoms with Crippen molar-refractivity contribution in [1.82, 2.24) is 5.32 Å². The molecule has 2 saturated carbocycles. The molecule has 0 radical (unpaired) electrons. The second kappa shape index (κ2) is 5.05. The minimum Gasteiger partial charge on any atom is -0.311 e. The van der Waals surface area contributed by atoms with Gasteiger partial charge in [-0.3, -0.25) is 0 Å². The Morgan fingerprint density at radius 1 is 1.11 bits per heavy atom. The average molecular weight is 243 g/mol. The zero-order valence-corrected chi connectivity index (χ0v) is 11.7. The smallest absolute Gasteiger partial charge is 0.0102 e. The first kappa shape index (κ1) is 12.2. The maximum atomic E-state index is 3.84. The summed E-state index contributed by atoms with van der Waals surface area (Å²) in [5.41, 5.74) is 2.91. The van der Waals surface area contributed by atoms with Gasteiger partial charge in [-0.05, 0) is 50.0 Å². The van der Waals surface area contributed by atoms with Crippen molar-refractivity contribution in [2.75, 3.05) is 0 Å². The molecule has 0 spiro atoms. The molecule has 0 saturated heterocycles. The molecule has 2 atom stereocenters. The Kier molecular flexibility index (Phi) is 3.43. The van der Waals surface area contributed by atoms with Gasteiger partial charge in [-0.1, -0.05) is 43.2 Å². The minimum atomic E-state index is 0.795. The lowest BCUT2D eigenvalue weighted by molar-refractivity contribution is 0.284. The average Bonchev–Trinajstić information content (AvgIpc) is 3.04. The second-order valence-electron chi connectivity index (χ2n) is 6.33. The van der Waals surface area contributed by atoms with Crippen LogP contribution in [0.1, 0.15) is 56.1 Å². The third-order valence-corrected chi connectivity index (χ3v) is 4.72. The van der Waals surface area contributed by atoms with Crippen LogP contribution >= 0.6 is 0 Å². The molecular weight excluding hydrogens is 218 g/mol. The van der Waals surface area contributed by atoms with E-state index in [4.69, 9.17) is 0 Å². The normalized spacial score (nSPS) is 34.1. The standard InChI is InChI=1S/C17H25N/c1-3-4-14-11-17(14)18-16-9-15(10-16)13-7-5-12(2)6-8-13/h5-8,14-18H,3-4,9-11H2,1-2H3. The van der Waals surface area contributed by atoms with E-state index in [-0.39, 0.29) is 0 Å². The molecule has 0 heterocycles. The van der Waals surface area contributed by atoms with Crippen LogP contribution in [0.4, 0.5) is 0 Å². The van der Waals surface area contributed by atoms with Crippen LogP contribution in [-0.2, 0) is 0 Å².